The van der Waals surface area contributed by atoms with Crippen molar-refractivity contribution >= 4 is 11.9 Å². The van der Waals surface area contributed by atoms with Crippen LogP contribution in [0, 0.1) is 11.8 Å². The van der Waals surface area contributed by atoms with Gasteiger partial charge in [0.1, 0.15) is 0 Å². The van der Waals surface area contributed by atoms with E-state index in [1.54, 1.807) is 23.9 Å². The number of hydrogen-bond acceptors (Lipinski definition) is 3. The molecule has 1 unspecified atom stereocenters. The molecule has 1 aliphatic rings. The molecule has 0 bridgehead atoms. The van der Waals surface area contributed by atoms with E-state index < -0.39 is 0 Å². The molecule has 6 nitrogen and oxygen atoms in total. The van der Waals surface area contributed by atoms with Gasteiger partial charge in [-0.3, -0.25) is 4.79 Å². The number of urea groups is 1. The minimum atomic E-state index is -0.345. The minimum Gasteiger partial charge on any atom is -0.349 e. The zero-order valence-corrected chi connectivity index (χ0v) is 14.7. The van der Waals surface area contributed by atoms with Crippen LogP contribution in [-0.4, -0.2) is 61.0 Å². The first-order valence-corrected chi connectivity index (χ1v) is 8.17. The molecule has 1 aliphatic heterocycles. The van der Waals surface area contributed by atoms with Gasteiger partial charge >= 0.3 is 6.03 Å². The molecule has 1 heterocycles. The van der Waals surface area contributed by atoms with Crippen molar-refractivity contribution in [2.45, 2.75) is 45.6 Å². The maximum atomic E-state index is 12.5. The van der Waals surface area contributed by atoms with Crippen molar-refractivity contribution < 1.29 is 9.59 Å². The summed E-state index contributed by atoms with van der Waals surface area (Å²) in [4.78, 5) is 27.8. The van der Waals surface area contributed by atoms with Crippen molar-refractivity contribution in [1.29, 1.82) is 0 Å². The summed E-state index contributed by atoms with van der Waals surface area (Å²) in [6.07, 6.45) is 2.30. The van der Waals surface area contributed by atoms with Gasteiger partial charge in [-0.05, 0) is 32.1 Å². The number of nitrogens with one attached hydrogen (secondary N) is 1. The van der Waals surface area contributed by atoms with E-state index in [0.29, 0.717) is 38.4 Å². The van der Waals surface area contributed by atoms with Crippen LogP contribution in [0.4, 0.5) is 4.79 Å². The van der Waals surface area contributed by atoms with Crippen molar-refractivity contribution in [2.24, 2.45) is 17.6 Å². The maximum Gasteiger partial charge on any atom is 0.319 e. The Hall–Kier alpha value is -1.30. The van der Waals surface area contributed by atoms with Gasteiger partial charge in [-0.25, -0.2) is 4.79 Å². The van der Waals surface area contributed by atoms with E-state index in [1.165, 1.54) is 0 Å². The van der Waals surface area contributed by atoms with Gasteiger partial charge in [0.25, 0.3) is 0 Å². The Morgan fingerprint density at radius 1 is 1.32 bits per heavy atom. The normalized spacial score (nSPS) is 19.0. The van der Waals surface area contributed by atoms with E-state index in [4.69, 9.17) is 5.73 Å². The number of likely N-dealkylation sites (tertiary alicyclic amines) is 1. The molecule has 1 atom stereocenters. The SMILES string of the molecule is CC(C)CC(C)(CN)NC(=O)C1CCN(C(=O)N(C)C)CC1. The summed E-state index contributed by atoms with van der Waals surface area (Å²) in [6.45, 7) is 7.98. The van der Waals surface area contributed by atoms with Crippen molar-refractivity contribution in [1.82, 2.24) is 15.1 Å². The molecular formula is C16H32N4O2. The molecule has 1 saturated heterocycles. The summed E-state index contributed by atoms with van der Waals surface area (Å²) >= 11 is 0. The predicted molar refractivity (Wildman–Crippen MR) is 88.4 cm³/mol. The van der Waals surface area contributed by atoms with Gasteiger partial charge in [0, 0.05) is 45.2 Å². The van der Waals surface area contributed by atoms with E-state index in [9.17, 15) is 9.59 Å². The number of carbonyl (C=O) groups excluding carboxylic acids is 2. The minimum absolute atomic E-state index is 0.0189. The fraction of sp³-hybridized carbons (Fsp3) is 0.875. The van der Waals surface area contributed by atoms with Crippen LogP contribution < -0.4 is 11.1 Å². The molecule has 3 N–H and O–H groups in total. The van der Waals surface area contributed by atoms with E-state index >= 15 is 0 Å². The Morgan fingerprint density at radius 3 is 2.27 bits per heavy atom. The average Bonchev–Trinajstić information content (AvgIpc) is 2.45. The summed E-state index contributed by atoms with van der Waals surface area (Å²) in [5.41, 5.74) is 5.51. The first kappa shape index (κ1) is 18.7. The summed E-state index contributed by atoms with van der Waals surface area (Å²) in [5, 5.41) is 3.13. The lowest BCUT2D eigenvalue weighted by molar-refractivity contribution is -0.128. The Labute approximate surface area is 134 Å². The molecule has 128 valence electrons. The van der Waals surface area contributed by atoms with Crippen LogP contribution in [0.15, 0.2) is 0 Å². The first-order valence-electron chi connectivity index (χ1n) is 8.17. The zero-order valence-electron chi connectivity index (χ0n) is 14.7. The standard InChI is InChI=1S/C16H32N4O2/c1-12(2)10-16(3,11-17)18-14(21)13-6-8-20(9-7-13)15(22)19(4)5/h12-13H,6-11,17H2,1-5H3,(H,18,21). The number of piperidine rings is 1. The second kappa shape index (κ2) is 7.81. The van der Waals surface area contributed by atoms with Gasteiger partial charge in [0.15, 0.2) is 0 Å². The second-order valence-corrected chi connectivity index (χ2v) is 7.29. The molecular weight excluding hydrogens is 280 g/mol. The quantitative estimate of drug-likeness (QED) is 0.802. The van der Waals surface area contributed by atoms with Gasteiger partial charge in [-0.1, -0.05) is 13.8 Å². The highest BCUT2D eigenvalue weighted by atomic mass is 16.2. The number of nitrogens with two attached hydrogens (primary N) is 1. The summed E-state index contributed by atoms with van der Waals surface area (Å²) in [7, 11) is 3.50. The van der Waals surface area contributed by atoms with Crippen LogP contribution in [-0.2, 0) is 4.79 Å². The summed E-state index contributed by atoms with van der Waals surface area (Å²) < 4.78 is 0. The lowest BCUT2D eigenvalue weighted by Crippen LogP contribution is -2.55. The third kappa shape index (κ3) is 5.16. The Morgan fingerprint density at radius 2 is 1.86 bits per heavy atom. The molecule has 3 amide bonds. The fourth-order valence-electron chi connectivity index (χ4n) is 3.10. The molecule has 0 saturated carbocycles. The van der Waals surface area contributed by atoms with Crippen LogP contribution in [0.2, 0.25) is 0 Å². The van der Waals surface area contributed by atoms with Gasteiger partial charge < -0.3 is 20.9 Å². The molecule has 0 aromatic carbocycles. The smallest absolute Gasteiger partial charge is 0.319 e. The molecule has 0 aliphatic carbocycles. The maximum absolute atomic E-state index is 12.5. The molecule has 6 heteroatoms. The van der Waals surface area contributed by atoms with Crippen LogP contribution in [0.3, 0.4) is 0 Å². The van der Waals surface area contributed by atoms with E-state index in [2.05, 4.69) is 19.2 Å². The Bertz CT molecular complexity index is 390. The molecule has 0 aromatic heterocycles. The fourth-order valence-corrected chi connectivity index (χ4v) is 3.10. The lowest BCUT2D eigenvalue weighted by Gasteiger charge is -2.36. The van der Waals surface area contributed by atoms with E-state index in [-0.39, 0.29) is 23.4 Å². The van der Waals surface area contributed by atoms with Crippen molar-refractivity contribution in [3.63, 3.8) is 0 Å². The second-order valence-electron chi connectivity index (χ2n) is 7.29. The predicted octanol–water partition coefficient (Wildman–Crippen LogP) is 1.26. The molecule has 22 heavy (non-hydrogen) atoms. The van der Waals surface area contributed by atoms with Crippen molar-refractivity contribution in [3.05, 3.63) is 0 Å². The third-order valence-electron chi connectivity index (χ3n) is 4.25. The highest BCUT2D eigenvalue weighted by Crippen LogP contribution is 2.21. The largest absolute Gasteiger partial charge is 0.349 e. The molecule has 0 aromatic rings. The number of rotatable bonds is 5. The third-order valence-corrected chi connectivity index (χ3v) is 4.25. The molecule has 1 rings (SSSR count). The van der Waals surface area contributed by atoms with E-state index in [0.717, 1.165) is 6.42 Å². The summed E-state index contributed by atoms with van der Waals surface area (Å²) in [6, 6.07) is 0.0189. The number of nitrogens with zero attached hydrogens (tertiary/aromatic N) is 2. The Kier molecular flexibility index (Phi) is 6.66. The monoisotopic (exact) mass is 312 g/mol. The topological polar surface area (TPSA) is 78.7 Å². The number of amides is 3. The average molecular weight is 312 g/mol. The van der Waals surface area contributed by atoms with Gasteiger partial charge in [0.05, 0.1) is 0 Å². The number of hydrogen-bond donors (Lipinski definition) is 2. The molecule has 0 radical (unpaired) electrons. The lowest BCUT2D eigenvalue weighted by atomic mass is 9.88. The molecule has 0 spiro atoms. The van der Waals surface area contributed by atoms with Gasteiger partial charge in [-0.15, -0.1) is 0 Å². The highest BCUT2D eigenvalue weighted by molar-refractivity contribution is 5.80. The van der Waals surface area contributed by atoms with Crippen LogP contribution in [0.25, 0.3) is 0 Å². The zero-order chi connectivity index (χ0) is 16.9. The van der Waals surface area contributed by atoms with Crippen LogP contribution in [0.1, 0.15) is 40.0 Å². The summed E-state index contributed by atoms with van der Waals surface area (Å²) in [5.74, 6) is 0.531. The van der Waals surface area contributed by atoms with Crippen molar-refractivity contribution in [2.75, 3.05) is 33.7 Å². The van der Waals surface area contributed by atoms with Crippen LogP contribution >= 0.6 is 0 Å². The first-order chi connectivity index (χ1) is 10.2. The molecule has 1 fully saturated rings. The number of carbonyl (C=O) groups is 2. The van der Waals surface area contributed by atoms with Gasteiger partial charge in [-0.2, -0.15) is 0 Å². The van der Waals surface area contributed by atoms with E-state index in [1.807, 2.05) is 6.92 Å². The van der Waals surface area contributed by atoms with Crippen LogP contribution in [0.5, 0.6) is 0 Å². The van der Waals surface area contributed by atoms with Gasteiger partial charge in [0.2, 0.25) is 5.91 Å². The highest BCUT2D eigenvalue weighted by Gasteiger charge is 2.32. The van der Waals surface area contributed by atoms with Crippen molar-refractivity contribution in [3.8, 4) is 0 Å². The Balaban J connectivity index is 2.53.